The number of nitrogens with one attached hydrogen (secondary N) is 1. The van der Waals surface area contributed by atoms with Gasteiger partial charge in [0.1, 0.15) is 5.54 Å². The van der Waals surface area contributed by atoms with Crippen LogP contribution >= 0.6 is 0 Å². The average molecular weight is 236 g/mol. The molecule has 2 saturated carbocycles. The SMILES string of the molecule is N#CC1(NC(=O)COC(=O)C2CC2)CCCC1. The molecular weight excluding hydrogens is 220 g/mol. The minimum absolute atomic E-state index is 0.000734. The van der Waals surface area contributed by atoms with Crippen molar-refractivity contribution in [3.8, 4) is 6.07 Å². The van der Waals surface area contributed by atoms with E-state index in [2.05, 4.69) is 11.4 Å². The normalized spacial score (nSPS) is 21.6. The highest BCUT2D eigenvalue weighted by molar-refractivity contribution is 5.82. The van der Waals surface area contributed by atoms with E-state index in [9.17, 15) is 9.59 Å². The summed E-state index contributed by atoms with van der Waals surface area (Å²) in [5.41, 5.74) is -0.733. The monoisotopic (exact) mass is 236 g/mol. The van der Waals surface area contributed by atoms with Crippen molar-refractivity contribution >= 4 is 11.9 Å². The molecule has 0 aliphatic heterocycles. The highest BCUT2D eigenvalue weighted by Gasteiger charge is 2.36. The van der Waals surface area contributed by atoms with Gasteiger partial charge in [-0.3, -0.25) is 9.59 Å². The third-order valence-electron chi connectivity index (χ3n) is 3.31. The Balaban J connectivity index is 1.76. The van der Waals surface area contributed by atoms with Gasteiger partial charge in [-0.15, -0.1) is 0 Å². The molecule has 0 radical (unpaired) electrons. The fourth-order valence-corrected chi connectivity index (χ4v) is 2.12. The predicted octanol–water partition coefficient (Wildman–Crippen LogP) is 0.892. The molecule has 1 amide bonds. The van der Waals surface area contributed by atoms with Gasteiger partial charge in [-0.2, -0.15) is 5.26 Å². The van der Waals surface area contributed by atoms with Crippen molar-refractivity contribution < 1.29 is 14.3 Å². The molecule has 17 heavy (non-hydrogen) atoms. The minimum atomic E-state index is -0.733. The Labute approximate surface area is 100 Å². The summed E-state index contributed by atoms with van der Waals surface area (Å²) < 4.78 is 4.87. The zero-order valence-corrected chi connectivity index (χ0v) is 9.70. The molecule has 92 valence electrons. The lowest BCUT2D eigenvalue weighted by Crippen LogP contribution is -2.46. The van der Waals surface area contributed by atoms with E-state index in [4.69, 9.17) is 10.00 Å². The van der Waals surface area contributed by atoms with Gasteiger partial charge in [0, 0.05) is 0 Å². The predicted molar refractivity (Wildman–Crippen MR) is 58.6 cm³/mol. The van der Waals surface area contributed by atoms with Crippen LogP contribution in [-0.2, 0) is 14.3 Å². The summed E-state index contributed by atoms with van der Waals surface area (Å²) >= 11 is 0. The lowest BCUT2D eigenvalue weighted by Gasteiger charge is -2.21. The second-order valence-electron chi connectivity index (χ2n) is 4.83. The van der Waals surface area contributed by atoms with E-state index in [1.54, 1.807) is 0 Å². The zero-order valence-electron chi connectivity index (χ0n) is 9.70. The maximum atomic E-state index is 11.6. The molecule has 2 aliphatic carbocycles. The molecule has 2 rings (SSSR count). The highest BCUT2D eigenvalue weighted by Crippen LogP contribution is 2.30. The second kappa shape index (κ2) is 4.74. The number of carbonyl (C=O) groups is 2. The molecule has 1 N–H and O–H groups in total. The number of nitrogens with zero attached hydrogens (tertiary/aromatic N) is 1. The average Bonchev–Trinajstić information content (AvgIpc) is 3.08. The topological polar surface area (TPSA) is 79.2 Å². The van der Waals surface area contributed by atoms with E-state index in [1.165, 1.54) is 0 Å². The largest absolute Gasteiger partial charge is 0.455 e. The van der Waals surface area contributed by atoms with Crippen molar-refractivity contribution in [2.75, 3.05) is 6.61 Å². The molecule has 0 aromatic carbocycles. The van der Waals surface area contributed by atoms with Crippen molar-refractivity contribution in [1.29, 1.82) is 5.26 Å². The lowest BCUT2D eigenvalue weighted by molar-refractivity contribution is -0.150. The summed E-state index contributed by atoms with van der Waals surface area (Å²) in [4.78, 5) is 22.8. The molecule has 0 aromatic heterocycles. The number of ether oxygens (including phenoxy) is 1. The second-order valence-corrected chi connectivity index (χ2v) is 4.83. The van der Waals surface area contributed by atoms with Gasteiger partial charge in [-0.05, 0) is 38.5 Å². The Morgan fingerprint density at radius 1 is 1.35 bits per heavy atom. The van der Waals surface area contributed by atoms with Gasteiger partial charge < -0.3 is 10.1 Å². The molecule has 5 heteroatoms. The van der Waals surface area contributed by atoms with E-state index >= 15 is 0 Å². The van der Waals surface area contributed by atoms with E-state index in [-0.39, 0.29) is 24.4 Å². The number of hydrogen-bond donors (Lipinski definition) is 1. The van der Waals surface area contributed by atoms with Crippen LogP contribution in [-0.4, -0.2) is 24.0 Å². The molecule has 0 bridgehead atoms. The summed E-state index contributed by atoms with van der Waals surface area (Å²) in [7, 11) is 0. The Kier molecular flexibility index (Phi) is 3.32. The number of amides is 1. The number of carbonyl (C=O) groups excluding carboxylic acids is 2. The zero-order chi connectivity index (χ0) is 12.3. The van der Waals surface area contributed by atoms with Crippen molar-refractivity contribution in [1.82, 2.24) is 5.32 Å². The van der Waals surface area contributed by atoms with Crippen molar-refractivity contribution in [2.45, 2.75) is 44.1 Å². The van der Waals surface area contributed by atoms with Crippen LogP contribution in [0.25, 0.3) is 0 Å². The van der Waals surface area contributed by atoms with Gasteiger partial charge in [0.25, 0.3) is 5.91 Å². The molecule has 0 heterocycles. The van der Waals surface area contributed by atoms with Crippen LogP contribution in [0.15, 0.2) is 0 Å². The van der Waals surface area contributed by atoms with Gasteiger partial charge >= 0.3 is 5.97 Å². The summed E-state index contributed by atoms with van der Waals surface area (Å²) in [6.07, 6.45) is 5.01. The van der Waals surface area contributed by atoms with Crippen LogP contribution in [0.5, 0.6) is 0 Å². The Bertz CT molecular complexity index is 362. The van der Waals surface area contributed by atoms with Crippen LogP contribution in [0.2, 0.25) is 0 Å². The Hall–Kier alpha value is -1.57. The van der Waals surface area contributed by atoms with Gasteiger partial charge in [0.05, 0.1) is 12.0 Å². The molecule has 2 aliphatic rings. The van der Waals surface area contributed by atoms with Gasteiger partial charge in [0.2, 0.25) is 0 Å². The van der Waals surface area contributed by atoms with Crippen LogP contribution in [0, 0.1) is 17.2 Å². The Morgan fingerprint density at radius 2 is 2.00 bits per heavy atom. The maximum Gasteiger partial charge on any atom is 0.309 e. The summed E-state index contributed by atoms with van der Waals surface area (Å²) in [6, 6.07) is 2.16. The summed E-state index contributed by atoms with van der Waals surface area (Å²) in [6.45, 7) is -0.265. The summed E-state index contributed by atoms with van der Waals surface area (Å²) in [5, 5.41) is 11.7. The first-order valence-corrected chi connectivity index (χ1v) is 6.04. The minimum Gasteiger partial charge on any atom is -0.455 e. The van der Waals surface area contributed by atoms with Crippen molar-refractivity contribution in [2.24, 2.45) is 5.92 Å². The van der Waals surface area contributed by atoms with E-state index in [0.717, 1.165) is 25.7 Å². The molecule has 0 unspecified atom stereocenters. The number of rotatable bonds is 4. The van der Waals surface area contributed by atoms with Crippen molar-refractivity contribution in [3.63, 3.8) is 0 Å². The highest BCUT2D eigenvalue weighted by atomic mass is 16.5. The van der Waals surface area contributed by atoms with E-state index < -0.39 is 5.54 Å². The molecule has 0 aromatic rings. The van der Waals surface area contributed by atoms with Crippen LogP contribution in [0.4, 0.5) is 0 Å². The third kappa shape index (κ3) is 2.96. The van der Waals surface area contributed by atoms with Gasteiger partial charge in [0.15, 0.2) is 6.61 Å². The lowest BCUT2D eigenvalue weighted by atomic mass is 10.00. The third-order valence-corrected chi connectivity index (χ3v) is 3.31. The van der Waals surface area contributed by atoms with E-state index in [0.29, 0.717) is 12.8 Å². The number of esters is 1. The first-order chi connectivity index (χ1) is 8.15. The van der Waals surface area contributed by atoms with Crippen LogP contribution in [0.3, 0.4) is 0 Å². The van der Waals surface area contributed by atoms with Gasteiger partial charge in [-0.25, -0.2) is 0 Å². The van der Waals surface area contributed by atoms with Crippen LogP contribution < -0.4 is 5.32 Å². The van der Waals surface area contributed by atoms with Gasteiger partial charge in [-0.1, -0.05) is 0 Å². The van der Waals surface area contributed by atoms with Crippen LogP contribution in [0.1, 0.15) is 38.5 Å². The van der Waals surface area contributed by atoms with E-state index in [1.807, 2.05) is 0 Å². The van der Waals surface area contributed by atoms with Crippen molar-refractivity contribution in [3.05, 3.63) is 0 Å². The number of nitriles is 1. The fourth-order valence-electron chi connectivity index (χ4n) is 2.12. The smallest absolute Gasteiger partial charge is 0.309 e. The molecule has 5 nitrogen and oxygen atoms in total. The quantitative estimate of drug-likeness (QED) is 0.735. The fraction of sp³-hybridized carbons (Fsp3) is 0.750. The molecular formula is C12H16N2O3. The summed E-state index contributed by atoms with van der Waals surface area (Å²) in [5.74, 6) is -0.667. The molecule has 2 fully saturated rings. The molecule has 0 atom stereocenters. The Morgan fingerprint density at radius 3 is 2.53 bits per heavy atom. The standard InChI is InChI=1S/C12H16N2O3/c13-8-12(5-1-2-6-12)14-10(15)7-17-11(16)9-3-4-9/h9H,1-7H2,(H,14,15). The first kappa shape index (κ1) is 11.9. The molecule has 0 saturated heterocycles. The number of hydrogen-bond acceptors (Lipinski definition) is 4. The first-order valence-electron chi connectivity index (χ1n) is 6.04. The molecule has 0 spiro atoms. The maximum absolute atomic E-state index is 11.6.